The summed E-state index contributed by atoms with van der Waals surface area (Å²) in [6, 6.07) is 15.4. The highest BCUT2D eigenvalue weighted by Gasteiger charge is 2.27. The van der Waals surface area contributed by atoms with Crippen molar-refractivity contribution in [3.8, 4) is 17.0 Å². The van der Waals surface area contributed by atoms with Crippen LogP contribution in [0.2, 0.25) is 0 Å². The minimum atomic E-state index is -3.98. The van der Waals surface area contributed by atoms with Crippen LogP contribution in [0.4, 0.5) is 0 Å². The van der Waals surface area contributed by atoms with E-state index in [1.54, 1.807) is 24.3 Å². The van der Waals surface area contributed by atoms with Crippen molar-refractivity contribution in [3.63, 3.8) is 0 Å². The highest BCUT2D eigenvalue weighted by molar-refractivity contribution is 7.86. The Hall–Kier alpha value is -2.72. The maximum absolute atomic E-state index is 12.3. The van der Waals surface area contributed by atoms with Crippen molar-refractivity contribution < 1.29 is 27.0 Å². The first-order chi connectivity index (χ1) is 14.7. The number of ether oxygens (including phenoxy) is 1. The number of thiophene rings is 1. The zero-order chi connectivity index (χ0) is 22.1. The van der Waals surface area contributed by atoms with Crippen molar-refractivity contribution in [1.82, 2.24) is 5.16 Å². The van der Waals surface area contributed by atoms with Crippen LogP contribution < -0.4 is 4.74 Å². The molecule has 0 unspecified atom stereocenters. The fraction of sp³-hybridized carbons (Fsp3) is 0.227. The summed E-state index contributed by atoms with van der Waals surface area (Å²) in [7, 11) is -3.98. The number of benzene rings is 2. The third-order valence-electron chi connectivity index (χ3n) is 4.57. The van der Waals surface area contributed by atoms with Gasteiger partial charge in [0.05, 0.1) is 11.5 Å². The lowest BCUT2D eigenvalue weighted by molar-refractivity contribution is -0.0230. The molecule has 4 rings (SSSR count). The van der Waals surface area contributed by atoms with Gasteiger partial charge < -0.3 is 14.4 Å². The lowest BCUT2D eigenvalue weighted by atomic mass is 10.1. The summed E-state index contributed by atoms with van der Waals surface area (Å²) in [5, 5.41) is 16.6. The van der Waals surface area contributed by atoms with Crippen LogP contribution in [0.3, 0.4) is 0 Å². The van der Waals surface area contributed by atoms with Crippen LogP contribution in [0.5, 0.6) is 5.75 Å². The Bertz CT molecular complexity index is 1290. The second-order valence-electron chi connectivity index (χ2n) is 7.49. The zero-order valence-corrected chi connectivity index (χ0v) is 18.6. The van der Waals surface area contributed by atoms with E-state index in [4.69, 9.17) is 13.4 Å². The first-order valence-electron chi connectivity index (χ1n) is 9.48. The lowest BCUT2D eigenvalue weighted by Gasteiger charge is -2.23. The van der Waals surface area contributed by atoms with E-state index in [0.29, 0.717) is 5.75 Å². The number of aliphatic hydroxyl groups is 1. The molecule has 2 aromatic carbocycles. The number of aryl methyl sites for hydroxylation is 1. The molecule has 0 fully saturated rings. The highest BCUT2D eigenvalue weighted by Crippen LogP contribution is 2.33. The Morgan fingerprint density at radius 2 is 1.90 bits per heavy atom. The molecule has 7 nitrogen and oxygen atoms in total. The van der Waals surface area contributed by atoms with Gasteiger partial charge in [-0.1, -0.05) is 35.0 Å². The number of aromatic nitrogens is 1. The Morgan fingerprint density at radius 3 is 2.68 bits per heavy atom. The fourth-order valence-electron chi connectivity index (χ4n) is 2.85. The third kappa shape index (κ3) is 4.96. The summed E-state index contributed by atoms with van der Waals surface area (Å²) >= 11 is 1.54. The Labute approximate surface area is 184 Å². The molecule has 2 heterocycles. The van der Waals surface area contributed by atoms with E-state index in [-0.39, 0.29) is 11.5 Å². The fourth-order valence-corrected chi connectivity index (χ4v) is 4.68. The molecular weight excluding hydrogens is 438 g/mol. The van der Waals surface area contributed by atoms with Crippen LogP contribution in [-0.4, -0.2) is 37.5 Å². The van der Waals surface area contributed by atoms with E-state index in [1.165, 1.54) is 30.4 Å². The molecule has 0 saturated carbocycles. The average molecular weight is 460 g/mol. The van der Waals surface area contributed by atoms with E-state index < -0.39 is 22.3 Å². The lowest BCUT2D eigenvalue weighted by Crippen LogP contribution is -2.38. The zero-order valence-electron chi connectivity index (χ0n) is 16.9. The largest absolute Gasteiger partial charge is 0.490 e. The Kier molecular flexibility index (Phi) is 5.85. The summed E-state index contributed by atoms with van der Waals surface area (Å²) in [5.74, 6) is 0.506. The monoisotopic (exact) mass is 459 g/mol. The number of nitrogens with zero attached hydrogens (tertiary/aromatic N) is 1. The van der Waals surface area contributed by atoms with Crippen LogP contribution in [0.25, 0.3) is 21.5 Å². The quantitative estimate of drug-likeness (QED) is 0.390. The molecule has 0 aliphatic rings. The summed E-state index contributed by atoms with van der Waals surface area (Å²) in [5.41, 5.74) is 1.67. The number of hydrogen-bond acceptors (Lipinski definition) is 8. The van der Waals surface area contributed by atoms with Crippen molar-refractivity contribution in [2.24, 2.45) is 0 Å². The normalized spacial score (nSPS) is 13.9. The second kappa shape index (κ2) is 8.43. The minimum Gasteiger partial charge on any atom is -0.490 e. The molecule has 0 aliphatic carbocycles. The number of hydrogen-bond donors (Lipinski definition) is 1. The molecule has 0 spiro atoms. The molecule has 162 valence electrons. The standard InChI is InChI=1S/C22H21NO6S2/c1-15-6-8-18(9-7-15)31(25,26)28-14-22(2,24)13-27-17-5-3-4-16(12-17)20-21-19(29-23-20)10-11-30-21/h3-12,24H,13-14H2,1-2H3/t22-/m0/s1. The van der Waals surface area contributed by atoms with Crippen molar-refractivity contribution in [2.45, 2.75) is 24.3 Å². The average Bonchev–Trinajstić information content (AvgIpc) is 3.36. The van der Waals surface area contributed by atoms with Crippen molar-refractivity contribution >= 4 is 31.7 Å². The van der Waals surface area contributed by atoms with Gasteiger partial charge in [-0.3, -0.25) is 4.18 Å². The van der Waals surface area contributed by atoms with Crippen LogP contribution in [-0.2, 0) is 14.3 Å². The van der Waals surface area contributed by atoms with Crippen molar-refractivity contribution in [1.29, 1.82) is 0 Å². The predicted molar refractivity (Wildman–Crippen MR) is 118 cm³/mol. The molecule has 1 atom stereocenters. The molecule has 2 aromatic heterocycles. The van der Waals surface area contributed by atoms with Gasteiger partial charge in [-0.15, -0.1) is 11.3 Å². The molecule has 1 N–H and O–H groups in total. The summed E-state index contributed by atoms with van der Waals surface area (Å²) in [6.45, 7) is 2.71. The highest BCUT2D eigenvalue weighted by atomic mass is 32.2. The van der Waals surface area contributed by atoms with Gasteiger partial charge in [-0.2, -0.15) is 8.42 Å². The summed E-state index contributed by atoms with van der Waals surface area (Å²) in [6.07, 6.45) is 0. The van der Waals surface area contributed by atoms with Crippen LogP contribution in [0.1, 0.15) is 12.5 Å². The Balaban J connectivity index is 1.40. The van der Waals surface area contributed by atoms with Gasteiger partial charge in [0, 0.05) is 5.56 Å². The van der Waals surface area contributed by atoms with Gasteiger partial charge in [0.15, 0.2) is 5.58 Å². The van der Waals surface area contributed by atoms with Crippen molar-refractivity contribution in [2.75, 3.05) is 13.2 Å². The van der Waals surface area contributed by atoms with Gasteiger partial charge in [0.2, 0.25) is 0 Å². The van der Waals surface area contributed by atoms with E-state index >= 15 is 0 Å². The molecule has 0 aliphatic heterocycles. The first kappa shape index (κ1) is 21.5. The van der Waals surface area contributed by atoms with Crippen LogP contribution >= 0.6 is 11.3 Å². The van der Waals surface area contributed by atoms with E-state index in [9.17, 15) is 13.5 Å². The maximum atomic E-state index is 12.3. The van der Waals surface area contributed by atoms with Gasteiger partial charge in [-0.25, -0.2) is 0 Å². The predicted octanol–water partition coefficient (Wildman–Crippen LogP) is 4.40. The number of fused-ring (bicyclic) bond motifs is 1. The molecule has 0 amide bonds. The van der Waals surface area contributed by atoms with Gasteiger partial charge >= 0.3 is 0 Å². The molecule has 0 radical (unpaired) electrons. The van der Waals surface area contributed by atoms with Crippen LogP contribution in [0, 0.1) is 6.92 Å². The van der Waals surface area contributed by atoms with Crippen LogP contribution in [0.15, 0.2) is 69.4 Å². The molecule has 4 aromatic rings. The smallest absolute Gasteiger partial charge is 0.297 e. The van der Waals surface area contributed by atoms with Crippen molar-refractivity contribution in [3.05, 3.63) is 65.5 Å². The SMILES string of the molecule is Cc1ccc(S(=O)(=O)OC[C@@](C)(O)COc2cccc(-c3noc4ccsc34)c2)cc1. The second-order valence-corrected chi connectivity index (χ2v) is 10.0. The minimum absolute atomic E-state index is 0.0371. The Morgan fingerprint density at radius 1 is 1.13 bits per heavy atom. The van der Waals surface area contributed by atoms with Gasteiger partial charge in [-0.05, 0) is 49.6 Å². The maximum Gasteiger partial charge on any atom is 0.297 e. The van der Waals surface area contributed by atoms with E-state index in [0.717, 1.165) is 27.1 Å². The topological polar surface area (TPSA) is 98.9 Å². The molecule has 0 bridgehead atoms. The molecule has 9 heteroatoms. The van der Waals surface area contributed by atoms with Gasteiger partial charge in [0.1, 0.15) is 28.4 Å². The summed E-state index contributed by atoms with van der Waals surface area (Å²) in [4.78, 5) is 0.0371. The van der Waals surface area contributed by atoms with Gasteiger partial charge in [0.25, 0.3) is 10.1 Å². The molecule has 0 saturated heterocycles. The molecule has 31 heavy (non-hydrogen) atoms. The van der Waals surface area contributed by atoms with E-state index in [1.807, 2.05) is 30.5 Å². The summed E-state index contributed by atoms with van der Waals surface area (Å²) < 4.78 is 41.7. The van der Waals surface area contributed by atoms with E-state index in [2.05, 4.69) is 5.16 Å². The molecular formula is C22H21NO6S2. The third-order valence-corrected chi connectivity index (χ3v) is 6.75. The first-order valence-corrected chi connectivity index (χ1v) is 11.8. The number of rotatable bonds is 8.